The SMILES string of the molecule is CCC(Oc1ccc2c(c1)C(c1cccc(F)c1)N(C(=O)C(C)C)CC2)C(=O)NCC1CCCO1. The number of hydrogen-bond donors (Lipinski definition) is 1. The average Bonchev–Trinajstić information content (AvgIpc) is 3.38. The normalized spacial score (nSPS) is 20.4. The predicted octanol–water partition coefficient (Wildman–Crippen LogP) is 4.41. The van der Waals surface area contributed by atoms with Crippen LogP contribution >= 0.6 is 0 Å². The molecule has 0 saturated carbocycles. The van der Waals surface area contributed by atoms with E-state index in [1.165, 1.54) is 12.1 Å². The van der Waals surface area contributed by atoms with Crippen LogP contribution in [0.15, 0.2) is 42.5 Å². The standard InChI is InChI=1S/C28H35FN2O4/c1-4-25(27(32)30-17-23-9-6-14-34-23)35-22-11-10-19-12-13-31(28(33)18(2)3)26(24(19)16-22)20-7-5-8-21(29)15-20/h5,7-8,10-11,15-16,18,23,25-26H,4,6,9,12-14,17H2,1-3H3,(H,30,32). The Morgan fingerprint density at radius 2 is 2.06 bits per heavy atom. The molecule has 3 atom stereocenters. The first-order valence-electron chi connectivity index (χ1n) is 12.6. The molecular weight excluding hydrogens is 447 g/mol. The summed E-state index contributed by atoms with van der Waals surface area (Å²) >= 11 is 0. The molecule has 1 saturated heterocycles. The largest absolute Gasteiger partial charge is 0.481 e. The van der Waals surface area contributed by atoms with Gasteiger partial charge in [-0.25, -0.2) is 4.39 Å². The molecule has 2 aliphatic rings. The first-order valence-corrected chi connectivity index (χ1v) is 12.6. The minimum Gasteiger partial charge on any atom is -0.481 e. The van der Waals surface area contributed by atoms with E-state index in [1.54, 1.807) is 6.07 Å². The van der Waals surface area contributed by atoms with Crippen LogP contribution in [0.5, 0.6) is 5.75 Å². The Morgan fingerprint density at radius 3 is 2.74 bits per heavy atom. The number of halogens is 1. The van der Waals surface area contributed by atoms with Crippen molar-refractivity contribution < 1.29 is 23.5 Å². The van der Waals surface area contributed by atoms with Gasteiger partial charge in [-0.05, 0) is 66.6 Å². The Hall–Kier alpha value is -2.93. The maximum absolute atomic E-state index is 14.2. The van der Waals surface area contributed by atoms with Crippen LogP contribution in [0.1, 0.15) is 62.8 Å². The summed E-state index contributed by atoms with van der Waals surface area (Å²) in [6, 6.07) is 11.8. The van der Waals surface area contributed by atoms with Crippen LogP contribution in [0.2, 0.25) is 0 Å². The number of amides is 2. The summed E-state index contributed by atoms with van der Waals surface area (Å²) in [5.74, 6) is -0.102. The number of carbonyl (C=O) groups is 2. The lowest BCUT2D eigenvalue weighted by Crippen LogP contribution is -2.43. The van der Waals surface area contributed by atoms with Crippen LogP contribution in [0.3, 0.4) is 0 Å². The third kappa shape index (κ3) is 5.84. The second kappa shape index (κ2) is 11.2. The molecule has 1 N–H and O–H groups in total. The molecule has 2 aromatic carbocycles. The van der Waals surface area contributed by atoms with Crippen molar-refractivity contribution in [2.24, 2.45) is 5.92 Å². The quantitative estimate of drug-likeness (QED) is 0.605. The molecule has 2 heterocycles. The fourth-order valence-electron chi connectivity index (χ4n) is 4.89. The van der Waals surface area contributed by atoms with Crippen LogP contribution in [0, 0.1) is 11.7 Å². The van der Waals surface area contributed by atoms with E-state index in [0.29, 0.717) is 31.7 Å². The molecule has 4 rings (SSSR count). The van der Waals surface area contributed by atoms with E-state index in [2.05, 4.69) is 5.32 Å². The van der Waals surface area contributed by atoms with Gasteiger partial charge in [-0.3, -0.25) is 9.59 Å². The molecule has 0 bridgehead atoms. The van der Waals surface area contributed by atoms with E-state index >= 15 is 0 Å². The molecule has 2 aromatic rings. The van der Waals surface area contributed by atoms with Gasteiger partial charge in [0.25, 0.3) is 5.91 Å². The van der Waals surface area contributed by atoms with Gasteiger partial charge >= 0.3 is 0 Å². The van der Waals surface area contributed by atoms with Crippen LogP contribution in [0.25, 0.3) is 0 Å². The number of rotatable bonds is 8. The lowest BCUT2D eigenvalue weighted by molar-refractivity contribution is -0.136. The highest BCUT2D eigenvalue weighted by Crippen LogP contribution is 2.38. The van der Waals surface area contributed by atoms with Gasteiger partial charge in [-0.15, -0.1) is 0 Å². The topological polar surface area (TPSA) is 67.9 Å². The highest BCUT2D eigenvalue weighted by molar-refractivity contribution is 5.81. The second-order valence-electron chi connectivity index (χ2n) is 9.65. The molecular formula is C28H35FN2O4. The number of nitrogens with one attached hydrogen (secondary N) is 1. The first kappa shape index (κ1) is 25.2. The van der Waals surface area contributed by atoms with Crippen LogP contribution in [-0.4, -0.2) is 48.6 Å². The Bertz CT molecular complexity index is 1050. The third-order valence-electron chi connectivity index (χ3n) is 6.76. The van der Waals surface area contributed by atoms with Gasteiger partial charge in [0.05, 0.1) is 12.1 Å². The highest BCUT2D eigenvalue weighted by atomic mass is 19.1. The van der Waals surface area contributed by atoms with Crippen molar-refractivity contribution in [2.45, 2.75) is 64.7 Å². The van der Waals surface area contributed by atoms with Crippen molar-refractivity contribution in [3.63, 3.8) is 0 Å². The van der Waals surface area contributed by atoms with Crippen molar-refractivity contribution in [3.05, 3.63) is 65.0 Å². The minimum atomic E-state index is -0.640. The summed E-state index contributed by atoms with van der Waals surface area (Å²) in [5, 5.41) is 2.95. The van der Waals surface area contributed by atoms with E-state index in [9.17, 15) is 14.0 Å². The van der Waals surface area contributed by atoms with Gasteiger partial charge in [-0.1, -0.05) is 39.0 Å². The van der Waals surface area contributed by atoms with E-state index in [1.807, 2.05) is 49.9 Å². The number of nitrogens with zero attached hydrogens (tertiary/aromatic N) is 1. The van der Waals surface area contributed by atoms with Gasteiger partial charge in [0.2, 0.25) is 5.91 Å². The van der Waals surface area contributed by atoms with Gasteiger partial charge in [0.15, 0.2) is 6.10 Å². The molecule has 188 valence electrons. The summed E-state index contributed by atoms with van der Waals surface area (Å²) in [7, 11) is 0. The van der Waals surface area contributed by atoms with E-state index < -0.39 is 12.1 Å². The van der Waals surface area contributed by atoms with Crippen LogP contribution in [0.4, 0.5) is 4.39 Å². The Kier molecular flexibility index (Phi) is 8.06. The number of ether oxygens (including phenoxy) is 2. The predicted molar refractivity (Wildman–Crippen MR) is 132 cm³/mol. The second-order valence-corrected chi connectivity index (χ2v) is 9.65. The van der Waals surface area contributed by atoms with Crippen molar-refractivity contribution in [2.75, 3.05) is 19.7 Å². The van der Waals surface area contributed by atoms with E-state index in [0.717, 1.165) is 36.1 Å². The Labute approximate surface area is 206 Å². The van der Waals surface area contributed by atoms with Gasteiger partial charge in [0, 0.05) is 25.6 Å². The summed E-state index contributed by atoms with van der Waals surface area (Å²) in [6.07, 6.45) is 2.62. The summed E-state index contributed by atoms with van der Waals surface area (Å²) in [4.78, 5) is 27.7. The van der Waals surface area contributed by atoms with Gasteiger partial charge in [-0.2, -0.15) is 0 Å². The monoisotopic (exact) mass is 482 g/mol. The molecule has 7 heteroatoms. The number of hydrogen-bond acceptors (Lipinski definition) is 4. The minimum absolute atomic E-state index is 0.0242. The van der Waals surface area contributed by atoms with E-state index in [4.69, 9.17) is 9.47 Å². The molecule has 1 fully saturated rings. The van der Waals surface area contributed by atoms with Crippen molar-refractivity contribution in [1.82, 2.24) is 10.2 Å². The molecule has 0 aromatic heterocycles. The molecule has 0 spiro atoms. The smallest absolute Gasteiger partial charge is 0.261 e. The molecule has 0 radical (unpaired) electrons. The fourth-order valence-corrected chi connectivity index (χ4v) is 4.89. The zero-order chi connectivity index (χ0) is 24.9. The fraction of sp³-hybridized carbons (Fsp3) is 0.500. The third-order valence-corrected chi connectivity index (χ3v) is 6.76. The zero-order valence-corrected chi connectivity index (χ0v) is 20.8. The average molecular weight is 483 g/mol. The first-order chi connectivity index (χ1) is 16.9. The van der Waals surface area contributed by atoms with Gasteiger partial charge in [0.1, 0.15) is 11.6 Å². The Balaban J connectivity index is 1.59. The van der Waals surface area contributed by atoms with Crippen molar-refractivity contribution in [1.29, 1.82) is 0 Å². The van der Waals surface area contributed by atoms with Crippen LogP contribution < -0.4 is 10.1 Å². The maximum atomic E-state index is 14.2. The molecule has 2 amide bonds. The Morgan fingerprint density at radius 1 is 1.23 bits per heavy atom. The number of carbonyl (C=O) groups excluding carboxylic acids is 2. The number of benzene rings is 2. The summed E-state index contributed by atoms with van der Waals surface area (Å²) in [5.41, 5.74) is 2.72. The molecule has 2 aliphatic heterocycles. The summed E-state index contributed by atoms with van der Waals surface area (Å²) in [6.45, 7) is 7.45. The lowest BCUT2D eigenvalue weighted by Gasteiger charge is -2.39. The maximum Gasteiger partial charge on any atom is 0.261 e. The van der Waals surface area contributed by atoms with Crippen molar-refractivity contribution >= 4 is 11.8 Å². The molecule has 3 unspecified atom stereocenters. The zero-order valence-electron chi connectivity index (χ0n) is 20.8. The number of fused-ring (bicyclic) bond motifs is 1. The lowest BCUT2D eigenvalue weighted by atomic mass is 9.87. The summed E-state index contributed by atoms with van der Waals surface area (Å²) < 4.78 is 25.9. The molecule has 0 aliphatic carbocycles. The van der Waals surface area contributed by atoms with E-state index in [-0.39, 0.29) is 29.7 Å². The molecule has 35 heavy (non-hydrogen) atoms. The van der Waals surface area contributed by atoms with Gasteiger partial charge < -0.3 is 19.7 Å². The van der Waals surface area contributed by atoms with Crippen LogP contribution in [-0.2, 0) is 20.7 Å². The van der Waals surface area contributed by atoms with Crippen molar-refractivity contribution in [3.8, 4) is 5.75 Å². The molecule has 6 nitrogen and oxygen atoms in total. The highest BCUT2D eigenvalue weighted by Gasteiger charge is 2.34.